The van der Waals surface area contributed by atoms with E-state index in [0.29, 0.717) is 30.2 Å². The molecule has 2 heterocycles. The van der Waals surface area contributed by atoms with Gasteiger partial charge in [0.05, 0.1) is 17.9 Å². The minimum Gasteiger partial charge on any atom is -0.462 e. The minimum absolute atomic E-state index is 0.303. The summed E-state index contributed by atoms with van der Waals surface area (Å²) in [5, 5.41) is 3.11. The second-order valence-corrected chi connectivity index (χ2v) is 4.34. The number of aromatic nitrogens is 2. The molecule has 0 aliphatic heterocycles. The standard InChI is InChI=1S/C15H18N4O2/c1-2-21-15(20)12-7-10-19-14(13(12)16)18-9-6-11-5-3-4-8-17-11/h3-5,7-8,10H,2,6,9,16H2,1H3,(H,18,19). The molecule has 0 radical (unpaired) electrons. The van der Waals surface area contributed by atoms with Crippen LogP contribution in [0.4, 0.5) is 11.5 Å². The summed E-state index contributed by atoms with van der Waals surface area (Å²) in [6.45, 7) is 2.69. The fraction of sp³-hybridized carbons (Fsp3) is 0.267. The van der Waals surface area contributed by atoms with Crippen LogP contribution in [0.25, 0.3) is 0 Å². The lowest BCUT2D eigenvalue weighted by Crippen LogP contribution is -2.13. The average Bonchev–Trinajstić information content (AvgIpc) is 2.50. The molecule has 0 bridgehead atoms. The van der Waals surface area contributed by atoms with Crippen molar-refractivity contribution in [2.75, 3.05) is 24.2 Å². The number of carbonyl (C=O) groups excluding carboxylic acids is 1. The number of nitrogens with two attached hydrogens (primary N) is 1. The van der Waals surface area contributed by atoms with Gasteiger partial charge in [-0.2, -0.15) is 0 Å². The number of carbonyl (C=O) groups is 1. The summed E-state index contributed by atoms with van der Waals surface area (Å²) in [6, 6.07) is 7.32. The maximum absolute atomic E-state index is 11.7. The molecular weight excluding hydrogens is 268 g/mol. The van der Waals surface area contributed by atoms with Crippen LogP contribution in [0.2, 0.25) is 0 Å². The highest BCUT2D eigenvalue weighted by Crippen LogP contribution is 2.20. The quantitative estimate of drug-likeness (QED) is 0.788. The second-order valence-electron chi connectivity index (χ2n) is 4.34. The smallest absolute Gasteiger partial charge is 0.340 e. The van der Waals surface area contributed by atoms with Crippen molar-refractivity contribution < 1.29 is 9.53 Å². The van der Waals surface area contributed by atoms with Gasteiger partial charge < -0.3 is 15.8 Å². The molecule has 3 N–H and O–H groups in total. The Morgan fingerprint density at radius 1 is 1.29 bits per heavy atom. The largest absolute Gasteiger partial charge is 0.462 e. The van der Waals surface area contributed by atoms with Gasteiger partial charge in [0.2, 0.25) is 0 Å². The Balaban J connectivity index is 2.00. The number of esters is 1. The van der Waals surface area contributed by atoms with Crippen LogP contribution in [-0.4, -0.2) is 29.1 Å². The summed E-state index contributed by atoms with van der Waals surface area (Å²) in [6.07, 6.45) is 4.03. The van der Waals surface area contributed by atoms with Gasteiger partial charge in [-0.1, -0.05) is 6.07 Å². The molecule has 0 spiro atoms. The van der Waals surface area contributed by atoms with E-state index in [4.69, 9.17) is 10.5 Å². The van der Waals surface area contributed by atoms with Crippen molar-refractivity contribution in [1.82, 2.24) is 9.97 Å². The summed E-state index contributed by atoms with van der Waals surface area (Å²) in [5.41, 5.74) is 7.56. The Kier molecular flexibility index (Phi) is 5.09. The van der Waals surface area contributed by atoms with Crippen molar-refractivity contribution in [3.05, 3.63) is 47.9 Å². The number of rotatable bonds is 6. The molecule has 0 saturated heterocycles. The number of nitrogens with one attached hydrogen (secondary N) is 1. The first-order valence-corrected chi connectivity index (χ1v) is 6.77. The van der Waals surface area contributed by atoms with Crippen LogP contribution in [0, 0.1) is 0 Å². The van der Waals surface area contributed by atoms with Crippen LogP contribution in [-0.2, 0) is 11.2 Å². The van der Waals surface area contributed by atoms with Gasteiger partial charge in [-0.25, -0.2) is 9.78 Å². The number of ether oxygens (including phenoxy) is 1. The zero-order valence-corrected chi connectivity index (χ0v) is 11.9. The van der Waals surface area contributed by atoms with Crippen molar-refractivity contribution in [3.63, 3.8) is 0 Å². The minimum atomic E-state index is -0.440. The number of nitrogens with zero attached hydrogens (tertiary/aromatic N) is 2. The number of hydrogen-bond donors (Lipinski definition) is 2. The zero-order valence-electron chi connectivity index (χ0n) is 11.9. The maximum Gasteiger partial charge on any atom is 0.340 e. The molecule has 6 heteroatoms. The van der Waals surface area contributed by atoms with E-state index in [1.807, 2.05) is 18.2 Å². The highest BCUT2D eigenvalue weighted by atomic mass is 16.5. The van der Waals surface area contributed by atoms with E-state index in [9.17, 15) is 4.79 Å². The van der Waals surface area contributed by atoms with Gasteiger partial charge in [0, 0.05) is 31.1 Å². The molecule has 0 saturated carbocycles. The van der Waals surface area contributed by atoms with Gasteiger partial charge >= 0.3 is 5.97 Å². The van der Waals surface area contributed by atoms with E-state index in [0.717, 1.165) is 12.1 Å². The van der Waals surface area contributed by atoms with Gasteiger partial charge in [0.25, 0.3) is 0 Å². The predicted molar refractivity (Wildman–Crippen MR) is 81.0 cm³/mol. The lowest BCUT2D eigenvalue weighted by molar-refractivity contribution is 0.0527. The Morgan fingerprint density at radius 3 is 2.86 bits per heavy atom. The third-order valence-electron chi connectivity index (χ3n) is 2.89. The van der Waals surface area contributed by atoms with Crippen LogP contribution in [0.3, 0.4) is 0 Å². The van der Waals surface area contributed by atoms with Crippen LogP contribution in [0.15, 0.2) is 36.7 Å². The first-order chi connectivity index (χ1) is 10.2. The van der Waals surface area contributed by atoms with Gasteiger partial charge in [0.1, 0.15) is 5.82 Å². The fourth-order valence-electron chi connectivity index (χ4n) is 1.86. The summed E-state index contributed by atoms with van der Waals surface area (Å²) in [5.74, 6) is 0.0432. The predicted octanol–water partition coefficient (Wildman–Crippen LogP) is 1.89. The molecule has 6 nitrogen and oxygen atoms in total. The first kappa shape index (κ1) is 14.8. The van der Waals surface area contributed by atoms with Crippen molar-refractivity contribution in [3.8, 4) is 0 Å². The van der Waals surface area contributed by atoms with E-state index in [2.05, 4.69) is 15.3 Å². The molecule has 0 aromatic carbocycles. The normalized spacial score (nSPS) is 10.1. The monoisotopic (exact) mass is 286 g/mol. The van der Waals surface area contributed by atoms with Crippen molar-refractivity contribution in [2.45, 2.75) is 13.3 Å². The molecule has 0 unspecified atom stereocenters. The summed E-state index contributed by atoms with van der Waals surface area (Å²) >= 11 is 0. The molecular formula is C15H18N4O2. The third kappa shape index (κ3) is 3.92. The molecule has 0 amide bonds. The zero-order chi connectivity index (χ0) is 15.1. The summed E-state index contributed by atoms with van der Waals surface area (Å²) in [7, 11) is 0. The van der Waals surface area contributed by atoms with Gasteiger partial charge in [0.15, 0.2) is 0 Å². The van der Waals surface area contributed by atoms with E-state index in [1.165, 1.54) is 6.20 Å². The van der Waals surface area contributed by atoms with E-state index < -0.39 is 5.97 Å². The van der Waals surface area contributed by atoms with Crippen LogP contribution >= 0.6 is 0 Å². The molecule has 21 heavy (non-hydrogen) atoms. The Morgan fingerprint density at radius 2 is 2.14 bits per heavy atom. The van der Waals surface area contributed by atoms with Crippen molar-refractivity contribution in [1.29, 1.82) is 0 Å². The third-order valence-corrected chi connectivity index (χ3v) is 2.89. The van der Waals surface area contributed by atoms with Crippen LogP contribution < -0.4 is 11.1 Å². The van der Waals surface area contributed by atoms with Crippen LogP contribution in [0.5, 0.6) is 0 Å². The molecule has 0 aliphatic rings. The van der Waals surface area contributed by atoms with E-state index in [-0.39, 0.29) is 0 Å². The molecule has 2 aromatic rings. The van der Waals surface area contributed by atoms with Crippen molar-refractivity contribution >= 4 is 17.5 Å². The van der Waals surface area contributed by atoms with Crippen molar-refractivity contribution in [2.24, 2.45) is 0 Å². The number of hydrogen-bond acceptors (Lipinski definition) is 6. The lowest BCUT2D eigenvalue weighted by Gasteiger charge is -2.11. The molecule has 0 aliphatic carbocycles. The highest BCUT2D eigenvalue weighted by molar-refractivity contribution is 5.97. The number of pyridine rings is 2. The lowest BCUT2D eigenvalue weighted by atomic mass is 10.2. The number of anilines is 2. The molecule has 0 atom stereocenters. The van der Waals surface area contributed by atoms with Gasteiger partial charge in [-0.3, -0.25) is 4.98 Å². The summed E-state index contributed by atoms with van der Waals surface area (Å²) in [4.78, 5) is 20.1. The fourth-order valence-corrected chi connectivity index (χ4v) is 1.86. The Labute approximate surface area is 123 Å². The Bertz CT molecular complexity index is 602. The maximum atomic E-state index is 11.7. The highest BCUT2D eigenvalue weighted by Gasteiger charge is 2.14. The van der Waals surface area contributed by atoms with Crippen LogP contribution in [0.1, 0.15) is 23.0 Å². The number of nitrogen functional groups attached to an aromatic ring is 1. The van der Waals surface area contributed by atoms with E-state index >= 15 is 0 Å². The second kappa shape index (κ2) is 7.23. The molecule has 110 valence electrons. The van der Waals surface area contributed by atoms with E-state index in [1.54, 1.807) is 19.2 Å². The Hall–Kier alpha value is -2.63. The topological polar surface area (TPSA) is 90.1 Å². The average molecular weight is 286 g/mol. The van der Waals surface area contributed by atoms with Gasteiger partial charge in [-0.05, 0) is 25.1 Å². The first-order valence-electron chi connectivity index (χ1n) is 6.77. The summed E-state index contributed by atoms with van der Waals surface area (Å²) < 4.78 is 4.95. The molecule has 2 rings (SSSR count). The molecule has 2 aromatic heterocycles. The molecule has 0 fully saturated rings. The van der Waals surface area contributed by atoms with Gasteiger partial charge in [-0.15, -0.1) is 0 Å². The SMILES string of the molecule is CCOC(=O)c1ccnc(NCCc2ccccn2)c1N.